The van der Waals surface area contributed by atoms with Crippen LogP contribution in [-0.2, 0) is 24.3 Å². The lowest BCUT2D eigenvalue weighted by molar-refractivity contribution is -0.306. The third-order valence-corrected chi connectivity index (χ3v) is 7.49. The number of para-hydroxylation sites is 1. The highest BCUT2D eigenvalue weighted by molar-refractivity contribution is 7.15. The van der Waals surface area contributed by atoms with E-state index in [1.54, 1.807) is 41.8 Å². The number of rotatable bonds is 9. The van der Waals surface area contributed by atoms with Crippen molar-refractivity contribution in [3.05, 3.63) is 100 Å². The van der Waals surface area contributed by atoms with Crippen LogP contribution in [0.2, 0.25) is 0 Å². The van der Waals surface area contributed by atoms with Gasteiger partial charge in [-0.2, -0.15) is 0 Å². The van der Waals surface area contributed by atoms with Crippen molar-refractivity contribution in [1.29, 1.82) is 0 Å². The van der Waals surface area contributed by atoms with Gasteiger partial charge in [0.25, 0.3) is 5.91 Å². The number of amides is 1. The lowest BCUT2D eigenvalue weighted by Crippen LogP contribution is -2.31. The summed E-state index contributed by atoms with van der Waals surface area (Å²) in [4.78, 5) is 39.0. The summed E-state index contributed by atoms with van der Waals surface area (Å²) in [7, 11) is 0. The fourth-order valence-electron chi connectivity index (χ4n) is 4.41. The van der Waals surface area contributed by atoms with Crippen LogP contribution < -0.4 is 10.4 Å². The summed E-state index contributed by atoms with van der Waals surface area (Å²) in [5, 5.41) is 24.1. The Balaban J connectivity index is 1.47. The molecule has 10 heteroatoms. The van der Waals surface area contributed by atoms with Gasteiger partial charge in [-0.15, -0.1) is 21.5 Å². The number of carboxylic acid groups (broad SMARTS) is 1. The summed E-state index contributed by atoms with van der Waals surface area (Å²) in [6, 6.07) is 19.8. The number of nitrogens with zero attached hydrogens (tertiary/aromatic N) is 4. The summed E-state index contributed by atoms with van der Waals surface area (Å²) < 4.78 is 3.20. The van der Waals surface area contributed by atoms with Crippen molar-refractivity contribution >= 4 is 39.9 Å². The van der Waals surface area contributed by atoms with E-state index in [1.807, 2.05) is 43.3 Å². The van der Waals surface area contributed by atoms with Gasteiger partial charge in [-0.05, 0) is 31.5 Å². The summed E-state index contributed by atoms with van der Waals surface area (Å²) in [6.07, 6.45) is 0.760. The minimum atomic E-state index is -1.30. The summed E-state index contributed by atoms with van der Waals surface area (Å²) in [5.74, 6) is -0.838. The number of carbonyl (C=O) groups excluding carboxylic acids is 3. The monoisotopic (exact) mass is 526 g/mol. The van der Waals surface area contributed by atoms with E-state index in [-0.39, 0.29) is 18.0 Å². The van der Waals surface area contributed by atoms with Crippen LogP contribution in [0.1, 0.15) is 49.9 Å². The van der Waals surface area contributed by atoms with Crippen LogP contribution in [0.15, 0.2) is 66.7 Å². The first kappa shape index (κ1) is 25.1. The maximum atomic E-state index is 13.4. The van der Waals surface area contributed by atoms with E-state index in [9.17, 15) is 19.5 Å². The number of aryl methyl sites for hydroxylation is 2. The molecule has 0 spiro atoms. The number of hydrogen-bond donors (Lipinski definition) is 1. The molecule has 0 bridgehead atoms. The third kappa shape index (κ3) is 4.73. The zero-order valence-corrected chi connectivity index (χ0v) is 21.6. The predicted molar refractivity (Wildman–Crippen MR) is 141 cm³/mol. The molecule has 1 amide bonds. The van der Waals surface area contributed by atoms with Gasteiger partial charge in [0, 0.05) is 21.3 Å². The number of thiophene rings is 1. The van der Waals surface area contributed by atoms with Crippen molar-refractivity contribution in [1.82, 2.24) is 24.6 Å². The molecule has 0 saturated carbocycles. The van der Waals surface area contributed by atoms with Gasteiger partial charge in [-0.1, -0.05) is 55.5 Å². The van der Waals surface area contributed by atoms with E-state index in [2.05, 4.69) is 15.5 Å². The first-order chi connectivity index (χ1) is 18.4. The Morgan fingerprint density at radius 2 is 1.74 bits per heavy atom. The molecule has 5 rings (SSSR count). The van der Waals surface area contributed by atoms with Crippen LogP contribution in [0.3, 0.4) is 0 Å². The number of benzene rings is 2. The Morgan fingerprint density at radius 3 is 2.47 bits per heavy atom. The van der Waals surface area contributed by atoms with Gasteiger partial charge in [-0.25, -0.2) is 0 Å². The number of carbonyl (C=O) groups is 3. The Bertz CT molecular complexity index is 1670. The average molecular weight is 527 g/mol. The van der Waals surface area contributed by atoms with Crippen LogP contribution in [0, 0.1) is 6.92 Å². The van der Waals surface area contributed by atoms with Gasteiger partial charge in [0.05, 0.1) is 24.6 Å². The second-order valence-corrected chi connectivity index (χ2v) is 9.82. The third-order valence-electron chi connectivity index (χ3n) is 6.23. The molecule has 0 aliphatic rings. The second kappa shape index (κ2) is 10.4. The van der Waals surface area contributed by atoms with Gasteiger partial charge in [0.1, 0.15) is 16.5 Å². The van der Waals surface area contributed by atoms with E-state index in [0.29, 0.717) is 33.3 Å². The molecular weight excluding hydrogens is 502 g/mol. The maximum Gasteiger partial charge on any atom is 0.268 e. The minimum Gasteiger partial charge on any atom is -0.548 e. The lowest BCUT2D eigenvalue weighted by Gasteiger charge is -2.12. The number of aromatic nitrogens is 4. The molecule has 0 fully saturated rings. The van der Waals surface area contributed by atoms with Gasteiger partial charge in [-0.3, -0.25) is 14.2 Å². The molecule has 1 N–H and O–H groups in total. The summed E-state index contributed by atoms with van der Waals surface area (Å²) in [6.45, 7) is 3.38. The quantitative estimate of drug-likeness (QED) is 0.295. The number of fused-ring (bicyclic) bond motifs is 1. The van der Waals surface area contributed by atoms with Crippen molar-refractivity contribution in [3.8, 4) is 5.00 Å². The Kier molecular flexibility index (Phi) is 6.89. The van der Waals surface area contributed by atoms with Gasteiger partial charge in [0.15, 0.2) is 11.6 Å². The Morgan fingerprint density at radius 1 is 1.00 bits per heavy atom. The smallest absolute Gasteiger partial charge is 0.268 e. The standard InChI is InChI=1S/C28H25N5O4S/c1-3-20-14-21(26(36)18-9-5-4-6-10-18)28(38-20)33-17(2)30-31-24(33)15-29-27(37)23-13-19-11-7-8-12-22(19)32(23)16-25(34)35/h4-14H,3,15-16H2,1-2H3,(H,29,37)(H,34,35)/p-1. The van der Waals surface area contributed by atoms with Crippen LogP contribution in [0.25, 0.3) is 15.9 Å². The highest BCUT2D eigenvalue weighted by atomic mass is 32.1. The molecular formula is C28H24N5O4S-. The van der Waals surface area contributed by atoms with Gasteiger partial charge in [0.2, 0.25) is 0 Å². The average Bonchev–Trinajstić information content (AvgIpc) is 3.62. The molecule has 0 aliphatic carbocycles. The maximum absolute atomic E-state index is 13.4. The SMILES string of the molecule is CCc1cc(C(=O)c2ccccc2)c(-n2c(C)nnc2CNC(=O)c2cc3ccccc3n2CC(=O)[O-])s1. The molecule has 0 aliphatic heterocycles. The molecule has 0 unspecified atom stereocenters. The number of ketones is 1. The van der Waals surface area contributed by atoms with E-state index in [4.69, 9.17) is 0 Å². The van der Waals surface area contributed by atoms with Gasteiger partial charge < -0.3 is 19.8 Å². The molecule has 2 aromatic carbocycles. The predicted octanol–water partition coefficient (Wildman–Crippen LogP) is 3.07. The van der Waals surface area contributed by atoms with Gasteiger partial charge >= 0.3 is 0 Å². The molecule has 0 saturated heterocycles. The van der Waals surface area contributed by atoms with Crippen molar-refractivity contribution in [2.75, 3.05) is 0 Å². The first-order valence-electron chi connectivity index (χ1n) is 12.1. The number of hydrogen-bond acceptors (Lipinski definition) is 7. The van der Waals surface area contributed by atoms with Crippen LogP contribution in [0.5, 0.6) is 0 Å². The molecule has 3 heterocycles. The Hall–Kier alpha value is -4.57. The topological polar surface area (TPSA) is 122 Å². The number of nitrogens with one attached hydrogen (secondary N) is 1. The molecule has 0 atom stereocenters. The summed E-state index contributed by atoms with van der Waals surface area (Å²) >= 11 is 1.48. The summed E-state index contributed by atoms with van der Waals surface area (Å²) in [5.41, 5.74) is 1.94. The van der Waals surface area contributed by atoms with E-state index in [1.165, 1.54) is 15.9 Å². The van der Waals surface area contributed by atoms with Crippen LogP contribution >= 0.6 is 11.3 Å². The normalized spacial score (nSPS) is 11.1. The van der Waals surface area contributed by atoms with E-state index >= 15 is 0 Å². The van der Waals surface area contributed by atoms with Crippen molar-refractivity contribution in [2.24, 2.45) is 0 Å². The largest absolute Gasteiger partial charge is 0.548 e. The zero-order valence-electron chi connectivity index (χ0n) is 20.8. The molecule has 192 valence electrons. The van der Waals surface area contributed by atoms with E-state index < -0.39 is 18.4 Å². The molecule has 5 aromatic rings. The first-order valence-corrected chi connectivity index (χ1v) is 12.9. The minimum absolute atomic E-state index is 0.0187. The second-order valence-electron chi connectivity index (χ2n) is 8.71. The van der Waals surface area contributed by atoms with Crippen molar-refractivity contribution in [3.63, 3.8) is 0 Å². The molecule has 38 heavy (non-hydrogen) atoms. The zero-order chi connectivity index (χ0) is 26.8. The fourth-order valence-corrected chi connectivity index (χ4v) is 5.57. The van der Waals surface area contributed by atoms with Crippen molar-refractivity contribution < 1.29 is 19.5 Å². The van der Waals surface area contributed by atoms with E-state index in [0.717, 1.165) is 16.7 Å². The number of aliphatic carboxylic acids is 1. The Labute approximate surface area is 222 Å². The van der Waals surface area contributed by atoms with Crippen LogP contribution in [-0.4, -0.2) is 37.0 Å². The molecule has 9 nitrogen and oxygen atoms in total. The molecule has 3 aromatic heterocycles. The highest BCUT2D eigenvalue weighted by Gasteiger charge is 2.23. The molecule has 0 radical (unpaired) electrons. The number of carboxylic acids is 1. The fraction of sp³-hybridized carbons (Fsp3) is 0.179. The van der Waals surface area contributed by atoms with Crippen molar-refractivity contribution in [2.45, 2.75) is 33.4 Å². The van der Waals surface area contributed by atoms with Crippen LogP contribution in [0.4, 0.5) is 0 Å². The highest BCUT2D eigenvalue weighted by Crippen LogP contribution is 2.31. The lowest BCUT2D eigenvalue weighted by atomic mass is 10.0.